The van der Waals surface area contributed by atoms with Crippen molar-refractivity contribution in [2.75, 3.05) is 13.2 Å². The molecule has 0 unspecified atom stereocenters. The lowest BCUT2D eigenvalue weighted by Crippen LogP contribution is -2.06. The van der Waals surface area contributed by atoms with E-state index < -0.39 is 5.97 Å². The normalized spacial score (nSPS) is 14.7. The highest BCUT2D eigenvalue weighted by Crippen LogP contribution is 2.38. The van der Waals surface area contributed by atoms with Gasteiger partial charge in [0.2, 0.25) is 5.90 Å². The van der Waals surface area contributed by atoms with E-state index in [9.17, 15) is 4.79 Å². The summed E-state index contributed by atoms with van der Waals surface area (Å²) in [6.45, 7) is 5.00. The molecule has 0 atom stereocenters. The second-order valence-electron chi connectivity index (χ2n) is 6.28. The van der Waals surface area contributed by atoms with Crippen molar-refractivity contribution in [2.24, 2.45) is 4.99 Å². The lowest BCUT2D eigenvalue weighted by Gasteiger charge is -2.14. The Labute approximate surface area is 183 Å². The first-order valence-corrected chi connectivity index (χ1v) is 10.6. The van der Waals surface area contributed by atoms with Crippen LogP contribution in [0.2, 0.25) is 5.02 Å². The van der Waals surface area contributed by atoms with Gasteiger partial charge >= 0.3 is 5.97 Å². The van der Waals surface area contributed by atoms with Gasteiger partial charge in [0, 0.05) is 4.47 Å². The first-order chi connectivity index (χ1) is 14.0. The monoisotopic (exact) mass is 477 g/mol. The predicted octanol–water partition coefficient (Wildman–Crippen LogP) is 6.02. The molecule has 0 amide bonds. The number of carbonyl (C=O) groups is 1. The van der Waals surface area contributed by atoms with Crippen molar-refractivity contribution in [1.82, 2.24) is 0 Å². The Morgan fingerprint density at radius 1 is 1.21 bits per heavy atom. The first kappa shape index (κ1) is 21.4. The summed E-state index contributed by atoms with van der Waals surface area (Å²) in [5.41, 5.74) is 1.57. The Morgan fingerprint density at radius 3 is 2.72 bits per heavy atom. The van der Waals surface area contributed by atoms with Crippen LogP contribution in [0.1, 0.15) is 37.8 Å². The Hall–Kier alpha value is -2.31. The maximum absolute atomic E-state index is 12.3. The van der Waals surface area contributed by atoms with E-state index in [-0.39, 0.29) is 11.6 Å². The molecule has 0 aromatic heterocycles. The zero-order valence-electron chi connectivity index (χ0n) is 16.2. The maximum atomic E-state index is 12.3. The van der Waals surface area contributed by atoms with E-state index in [2.05, 4.69) is 27.8 Å². The third-order valence-electron chi connectivity index (χ3n) is 4.10. The van der Waals surface area contributed by atoms with Gasteiger partial charge in [0.25, 0.3) is 0 Å². The van der Waals surface area contributed by atoms with Crippen LogP contribution in [0.25, 0.3) is 6.08 Å². The largest absolute Gasteiger partial charge is 0.490 e. The molecule has 0 aliphatic carbocycles. The lowest BCUT2D eigenvalue weighted by molar-refractivity contribution is -0.129. The molecule has 3 rings (SSSR count). The second kappa shape index (κ2) is 9.94. The van der Waals surface area contributed by atoms with Crippen LogP contribution in [0.15, 0.2) is 51.6 Å². The molecule has 1 aliphatic heterocycles. The SMILES string of the molecule is CCCCOc1c(Cl)cc(/C=C2\N=C(c3ccccc3Br)OC2=O)cc1OCC. The van der Waals surface area contributed by atoms with Gasteiger partial charge < -0.3 is 14.2 Å². The summed E-state index contributed by atoms with van der Waals surface area (Å²) >= 11 is 9.87. The van der Waals surface area contributed by atoms with Crippen LogP contribution in [-0.2, 0) is 9.53 Å². The van der Waals surface area contributed by atoms with E-state index >= 15 is 0 Å². The number of unbranched alkanes of at least 4 members (excludes halogenated alkanes) is 1. The number of hydrogen-bond donors (Lipinski definition) is 0. The van der Waals surface area contributed by atoms with Crippen LogP contribution in [0.4, 0.5) is 0 Å². The first-order valence-electron chi connectivity index (χ1n) is 9.40. The minimum Gasteiger partial charge on any atom is -0.490 e. The van der Waals surface area contributed by atoms with E-state index in [1.54, 1.807) is 18.2 Å². The lowest BCUT2D eigenvalue weighted by atomic mass is 10.1. The molecular weight excluding hydrogens is 458 g/mol. The van der Waals surface area contributed by atoms with Crippen molar-refractivity contribution in [3.63, 3.8) is 0 Å². The molecule has 0 saturated carbocycles. The third-order valence-corrected chi connectivity index (χ3v) is 5.08. The van der Waals surface area contributed by atoms with Crippen molar-refractivity contribution in [3.8, 4) is 11.5 Å². The molecule has 29 heavy (non-hydrogen) atoms. The molecule has 0 fully saturated rings. The highest BCUT2D eigenvalue weighted by Gasteiger charge is 2.25. The van der Waals surface area contributed by atoms with Crippen LogP contribution in [-0.4, -0.2) is 25.1 Å². The number of halogens is 2. The average Bonchev–Trinajstić information content (AvgIpc) is 3.04. The van der Waals surface area contributed by atoms with E-state index in [1.165, 1.54) is 0 Å². The van der Waals surface area contributed by atoms with Gasteiger partial charge in [-0.05, 0) is 65.2 Å². The van der Waals surface area contributed by atoms with E-state index in [1.807, 2.05) is 31.2 Å². The molecule has 0 radical (unpaired) electrons. The van der Waals surface area contributed by atoms with Crippen molar-refractivity contribution in [2.45, 2.75) is 26.7 Å². The summed E-state index contributed by atoms with van der Waals surface area (Å²) in [5, 5.41) is 0.417. The predicted molar refractivity (Wildman–Crippen MR) is 118 cm³/mol. The molecule has 0 N–H and O–H groups in total. The van der Waals surface area contributed by atoms with Gasteiger partial charge in [0.1, 0.15) is 0 Å². The smallest absolute Gasteiger partial charge is 0.363 e. The Bertz CT molecular complexity index is 971. The van der Waals surface area contributed by atoms with Gasteiger partial charge in [-0.25, -0.2) is 9.79 Å². The summed E-state index contributed by atoms with van der Waals surface area (Å²) in [4.78, 5) is 16.6. The van der Waals surface area contributed by atoms with Crippen LogP contribution in [0.5, 0.6) is 11.5 Å². The fourth-order valence-corrected chi connectivity index (χ4v) is 3.44. The fraction of sp³-hybridized carbons (Fsp3) is 0.273. The van der Waals surface area contributed by atoms with Gasteiger partial charge in [0.05, 0.1) is 23.8 Å². The highest BCUT2D eigenvalue weighted by atomic mass is 79.9. The minimum absolute atomic E-state index is 0.189. The topological polar surface area (TPSA) is 57.1 Å². The molecule has 1 heterocycles. The van der Waals surface area contributed by atoms with Crippen molar-refractivity contribution < 1.29 is 19.0 Å². The number of nitrogens with zero attached hydrogens (tertiary/aromatic N) is 1. The standard InChI is InChI=1S/C22H21BrClNO4/c1-3-5-10-28-20-17(24)11-14(13-19(20)27-4-2)12-18-22(26)29-21(25-18)15-8-6-7-9-16(15)23/h6-9,11-13H,3-5,10H2,1-2H3/b18-12-. The second-order valence-corrected chi connectivity index (χ2v) is 7.54. The number of benzene rings is 2. The number of carbonyl (C=O) groups excluding carboxylic acids is 1. The molecule has 2 aromatic rings. The summed E-state index contributed by atoms with van der Waals surface area (Å²) in [6.07, 6.45) is 3.56. The Morgan fingerprint density at radius 2 is 2.00 bits per heavy atom. The van der Waals surface area contributed by atoms with Gasteiger partial charge in [-0.3, -0.25) is 0 Å². The van der Waals surface area contributed by atoms with Crippen molar-refractivity contribution in [1.29, 1.82) is 0 Å². The zero-order valence-corrected chi connectivity index (χ0v) is 18.5. The Kier molecular flexibility index (Phi) is 7.34. The molecule has 0 saturated heterocycles. The fourth-order valence-electron chi connectivity index (χ4n) is 2.71. The van der Waals surface area contributed by atoms with Gasteiger partial charge in [-0.1, -0.05) is 37.1 Å². The van der Waals surface area contributed by atoms with Crippen molar-refractivity contribution >= 4 is 45.5 Å². The van der Waals surface area contributed by atoms with E-state index in [0.29, 0.717) is 40.9 Å². The average molecular weight is 479 g/mol. The number of aliphatic imine (C=N–C) groups is 1. The number of ether oxygens (including phenoxy) is 3. The molecule has 0 bridgehead atoms. The van der Waals surface area contributed by atoms with Crippen LogP contribution >= 0.6 is 27.5 Å². The molecule has 5 nitrogen and oxygen atoms in total. The molecule has 0 spiro atoms. The van der Waals surface area contributed by atoms with Gasteiger partial charge in [-0.15, -0.1) is 0 Å². The van der Waals surface area contributed by atoms with E-state index in [0.717, 1.165) is 17.3 Å². The van der Waals surface area contributed by atoms with Gasteiger partial charge in [-0.2, -0.15) is 0 Å². The number of rotatable bonds is 8. The van der Waals surface area contributed by atoms with Crippen molar-refractivity contribution in [3.05, 3.63) is 62.7 Å². The molecule has 152 valence electrons. The quantitative estimate of drug-likeness (QED) is 0.264. The molecule has 2 aromatic carbocycles. The van der Waals surface area contributed by atoms with E-state index in [4.69, 9.17) is 25.8 Å². The highest BCUT2D eigenvalue weighted by molar-refractivity contribution is 9.10. The number of cyclic esters (lactones) is 1. The maximum Gasteiger partial charge on any atom is 0.363 e. The van der Waals surface area contributed by atoms with Crippen LogP contribution < -0.4 is 9.47 Å². The number of esters is 1. The third kappa shape index (κ3) is 5.19. The summed E-state index contributed by atoms with van der Waals surface area (Å²) in [6, 6.07) is 10.9. The molecule has 7 heteroatoms. The summed E-state index contributed by atoms with van der Waals surface area (Å²) in [7, 11) is 0. The number of hydrogen-bond acceptors (Lipinski definition) is 5. The van der Waals surface area contributed by atoms with Crippen LogP contribution in [0.3, 0.4) is 0 Å². The minimum atomic E-state index is -0.520. The zero-order chi connectivity index (χ0) is 20.8. The summed E-state index contributed by atoms with van der Waals surface area (Å²) in [5.74, 6) is 0.775. The summed E-state index contributed by atoms with van der Waals surface area (Å²) < 4.78 is 17.6. The molecular formula is C22H21BrClNO4. The Balaban J connectivity index is 1.93. The van der Waals surface area contributed by atoms with Crippen LogP contribution in [0, 0.1) is 0 Å². The molecule has 1 aliphatic rings. The van der Waals surface area contributed by atoms with Gasteiger partial charge in [0.15, 0.2) is 17.2 Å².